The number of benzene rings is 1. The van der Waals surface area contributed by atoms with Gasteiger partial charge in [0.1, 0.15) is 0 Å². The number of rotatable bonds is 9. The van der Waals surface area contributed by atoms with Gasteiger partial charge in [-0.1, -0.05) is 29.8 Å². The molecule has 0 radical (unpaired) electrons. The predicted octanol–water partition coefficient (Wildman–Crippen LogP) is 1.96. The number of guanidine groups is 1. The van der Waals surface area contributed by atoms with Crippen LogP contribution in [0.15, 0.2) is 29.3 Å². The van der Waals surface area contributed by atoms with Crippen molar-refractivity contribution in [2.75, 3.05) is 39.0 Å². The molecule has 1 aliphatic rings. The SMILES string of the molecule is CCS(=O)(=O)NCCCNC(=NC)NCC1CCCOC1c1ccc(C)cc1. The summed E-state index contributed by atoms with van der Waals surface area (Å²) in [5, 5.41) is 6.63. The van der Waals surface area contributed by atoms with Gasteiger partial charge < -0.3 is 15.4 Å². The summed E-state index contributed by atoms with van der Waals surface area (Å²) in [6, 6.07) is 8.57. The lowest BCUT2D eigenvalue weighted by Crippen LogP contribution is -2.42. The molecule has 8 heteroatoms. The largest absolute Gasteiger partial charge is 0.373 e. The zero-order valence-corrected chi connectivity index (χ0v) is 18.0. The minimum absolute atomic E-state index is 0.100. The maximum atomic E-state index is 11.4. The summed E-state index contributed by atoms with van der Waals surface area (Å²) < 4.78 is 31.5. The summed E-state index contributed by atoms with van der Waals surface area (Å²) in [5.74, 6) is 1.22. The van der Waals surface area contributed by atoms with Crippen molar-refractivity contribution >= 4 is 16.0 Å². The molecule has 1 saturated heterocycles. The predicted molar refractivity (Wildman–Crippen MR) is 114 cm³/mol. The van der Waals surface area contributed by atoms with E-state index in [2.05, 4.69) is 51.5 Å². The van der Waals surface area contributed by atoms with Crippen molar-refractivity contribution in [3.05, 3.63) is 35.4 Å². The summed E-state index contributed by atoms with van der Waals surface area (Å²) in [7, 11) is -1.38. The van der Waals surface area contributed by atoms with Crippen LogP contribution in [-0.2, 0) is 14.8 Å². The molecule has 158 valence electrons. The Kier molecular flexibility index (Phi) is 9.21. The highest BCUT2D eigenvalue weighted by Crippen LogP contribution is 2.33. The van der Waals surface area contributed by atoms with Gasteiger partial charge in [0.25, 0.3) is 0 Å². The molecule has 0 bridgehead atoms. The van der Waals surface area contributed by atoms with Crippen LogP contribution in [0.4, 0.5) is 0 Å². The second-order valence-electron chi connectivity index (χ2n) is 7.14. The Hall–Kier alpha value is -1.64. The van der Waals surface area contributed by atoms with E-state index in [9.17, 15) is 8.42 Å². The van der Waals surface area contributed by atoms with Crippen LogP contribution in [0.3, 0.4) is 0 Å². The molecule has 0 amide bonds. The molecule has 1 aromatic carbocycles. The molecule has 2 atom stereocenters. The number of hydrogen-bond acceptors (Lipinski definition) is 4. The summed E-state index contributed by atoms with van der Waals surface area (Å²) in [4.78, 5) is 4.26. The monoisotopic (exact) mass is 410 g/mol. The van der Waals surface area contributed by atoms with Gasteiger partial charge >= 0.3 is 0 Å². The number of aryl methyl sites for hydroxylation is 1. The van der Waals surface area contributed by atoms with Crippen LogP contribution in [-0.4, -0.2) is 53.4 Å². The van der Waals surface area contributed by atoms with Crippen molar-refractivity contribution in [1.29, 1.82) is 0 Å². The lowest BCUT2D eigenvalue weighted by molar-refractivity contribution is -0.0265. The molecule has 0 saturated carbocycles. The van der Waals surface area contributed by atoms with Gasteiger partial charge in [0.15, 0.2) is 5.96 Å². The van der Waals surface area contributed by atoms with Crippen molar-refractivity contribution in [1.82, 2.24) is 15.4 Å². The van der Waals surface area contributed by atoms with Crippen molar-refractivity contribution in [2.45, 2.75) is 39.2 Å². The van der Waals surface area contributed by atoms with Gasteiger partial charge in [-0.3, -0.25) is 4.99 Å². The topological polar surface area (TPSA) is 91.8 Å². The number of ether oxygens (including phenoxy) is 1. The Morgan fingerprint density at radius 2 is 1.96 bits per heavy atom. The third-order valence-corrected chi connectivity index (χ3v) is 6.36. The fourth-order valence-electron chi connectivity index (χ4n) is 3.25. The molecule has 2 rings (SSSR count). The smallest absolute Gasteiger partial charge is 0.211 e. The minimum Gasteiger partial charge on any atom is -0.373 e. The van der Waals surface area contributed by atoms with Crippen LogP contribution in [0.25, 0.3) is 0 Å². The van der Waals surface area contributed by atoms with Gasteiger partial charge in [0, 0.05) is 39.2 Å². The minimum atomic E-state index is -3.12. The first kappa shape index (κ1) is 22.6. The Morgan fingerprint density at radius 1 is 1.21 bits per heavy atom. The Morgan fingerprint density at radius 3 is 2.64 bits per heavy atom. The molecule has 1 fully saturated rings. The fraction of sp³-hybridized carbons (Fsp3) is 0.650. The molecule has 1 aliphatic heterocycles. The zero-order valence-electron chi connectivity index (χ0n) is 17.2. The molecule has 2 unspecified atom stereocenters. The Labute approximate surface area is 169 Å². The van der Waals surface area contributed by atoms with E-state index in [0.29, 0.717) is 25.4 Å². The number of nitrogens with one attached hydrogen (secondary N) is 3. The lowest BCUT2D eigenvalue weighted by atomic mass is 9.89. The molecule has 28 heavy (non-hydrogen) atoms. The quantitative estimate of drug-likeness (QED) is 0.329. The van der Waals surface area contributed by atoms with E-state index in [0.717, 1.165) is 32.0 Å². The Bertz CT molecular complexity index is 719. The maximum Gasteiger partial charge on any atom is 0.211 e. The van der Waals surface area contributed by atoms with Crippen molar-refractivity contribution < 1.29 is 13.2 Å². The van der Waals surface area contributed by atoms with E-state index in [1.807, 2.05) is 0 Å². The number of hydrogen-bond donors (Lipinski definition) is 3. The second kappa shape index (κ2) is 11.4. The zero-order chi connectivity index (χ0) is 20.4. The summed E-state index contributed by atoms with van der Waals surface area (Å²) in [5.41, 5.74) is 2.48. The molecule has 7 nitrogen and oxygen atoms in total. The first-order valence-corrected chi connectivity index (χ1v) is 11.7. The standard InChI is InChI=1S/C20H34N4O3S/c1-4-28(25,26)24-13-6-12-22-20(21-3)23-15-18-7-5-14-27-19(18)17-10-8-16(2)9-11-17/h8-11,18-19,24H,4-7,12-15H2,1-3H3,(H2,21,22,23). The molecule has 0 aliphatic carbocycles. The Balaban J connectivity index is 1.78. The van der Waals surface area contributed by atoms with Crippen molar-refractivity contribution in [2.24, 2.45) is 10.9 Å². The van der Waals surface area contributed by atoms with Gasteiger partial charge in [0.2, 0.25) is 10.0 Å². The number of nitrogens with zero attached hydrogens (tertiary/aromatic N) is 1. The van der Waals surface area contributed by atoms with E-state index >= 15 is 0 Å². The van der Waals surface area contributed by atoms with Gasteiger partial charge in [-0.25, -0.2) is 13.1 Å². The van der Waals surface area contributed by atoms with Gasteiger partial charge in [-0.2, -0.15) is 0 Å². The van der Waals surface area contributed by atoms with E-state index < -0.39 is 10.0 Å². The summed E-state index contributed by atoms with van der Waals surface area (Å²) in [6.45, 7) is 6.37. The first-order chi connectivity index (χ1) is 13.4. The van der Waals surface area contributed by atoms with Gasteiger partial charge in [-0.15, -0.1) is 0 Å². The van der Waals surface area contributed by atoms with Crippen LogP contribution >= 0.6 is 0 Å². The van der Waals surface area contributed by atoms with Crippen molar-refractivity contribution in [3.63, 3.8) is 0 Å². The fourth-order valence-corrected chi connectivity index (χ4v) is 3.91. The molecule has 1 aromatic rings. The van der Waals surface area contributed by atoms with Crippen LogP contribution in [0, 0.1) is 12.8 Å². The average Bonchev–Trinajstić information content (AvgIpc) is 2.71. The number of sulfonamides is 1. The third kappa shape index (κ3) is 7.41. The summed E-state index contributed by atoms with van der Waals surface area (Å²) >= 11 is 0. The lowest BCUT2D eigenvalue weighted by Gasteiger charge is -2.32. The van der Waals surface area contributed by atoms with E-state index in [1.54, 1.807) is 14.0 Å². The molecule has 0 spiro atoms. The van der Waals surface area contributed by atoms with E-state index in [-0.39, 0.29) is 11.9 Å². The van der Waals surface area contributed by atoms with E-state index in [4.69, 9.17) is 4.74 Å². The highest BCUT2D eigenvalue weighted by atomic mass is 32.2. The molecule has 0 aromatic heterocycles. The van der Waals surface area contributed by atoms with Crippen LogP contribution < -0.4 is 15.4 Å². The molecular formula is C20H34N4O3S. The molecule has 3 N–H and O–H groups in total. The van der Waals surface area contributed by atoms with Gasteiger partial charge in [0.05, 0.1) is 11.9 Å². The highest BCUT2D eigenvalue weighted by Gasteiger charge is 2.27. The van der Waals surface area contributed by atoms with Crippen LogP contribution in [0.1, 0.15) is 43.4 Å². The third-order valence-electron chi connectivity index (χ3n) is 4.95. The van der Waals surface area contributed by atoms with Gasteiger partial charge in [-0.05, 0) is 38.7 Å². The van der Waals surface area contributed by atoms with Crippen LogP contribution in [0.2, 0.25) is 0 Å². The number of aliphatic imine (C=N–C) groups is 1. The second-order valence-corrected chi connectivity index (χ2v) is 9.23. The average molecular weight is 411 g/mol. The maximum absolute atomic E-state index is 11.4. The highest BCUT2D eigenvalue weighted by molar-refractivity contribution is 7.89. The van der Waals surface area contributed by atoms with E-state index in [1.165, 1.54) is 11.1 Å². The normalized spacial score (nSPS) is 20.8. The molecule has 1 heterocycles. The van der Waals surface area contributed by atoms with Crippen molar-refractivity contribution in [3.8, 4) is 0 Å². The summed E-state index contributed by atoms with van der Waals surface area (Å²) in [6.07, 6.45) is 2.97. The molecular weight excluding hydrogens is 376 g/mol. The van der Waals surface area contributed by atoms with Crippen LogP contribution in [0.5, 0.6) is 0 Å². The first-order valence-electron chi connectivity index (χ1n) is 10.0.